The van der Waals surface area contributed by atoms with Crippen molar-refractivity contribution in [3.05, 3.63) is 71.2 Å². The highest BCUT2D eigenvalue weighted by atomic mass is 32.2. The fourth-order valence-electron chi connectivity index (χ4n) is 4.93. The first kappa shape index (κ1) is 22.9. The van der Waals surface area contributed by atoms with Gasteiger partial charge in [-0.2, -0.15) is 4.31 Å². The third kappa shape index (κ3) is 4.44. The molecule has 6 nitrogen and oxygen atoms in total. The van der Waals surface area contributed by atoms with Gasteiger partial charge in [0.05, 0.1) is 16.3 Å². The maximum atomic E-state index is 14.0. The zero-order valence-corrected chi connectivity index (χ0v) is 19.7. The van der Waals surface area contributed by atoms with Crippen molar-refractivity contribution in [2.24, 2.45) is 5.92 Å². The molecule has 178 valence electrons. The quantitative estimate of drug-likeness (QED) is 0.504. The topological polar surface area (TPSA) is 76.6 Å². The molecule has 1 aromatic heterocycles. The van der Waals surface area contributed by atoms with Crippen LogP contribution < -0.4 is 0 Å². The van der Waals surface area contributed by atoms with Crippen molar-refractivity contribution >= 4 is 26.9 Å². The third-order valence-electron chi connectivity index (χ3n) is 6.91. The van der Waals surface area contributed by atoms with Crippen LogP contribution in [0.1, 0.15) is 42.4 Å². The summed E-state index contributed by atoms with van der Waals surface area (Å²) in [5, 5.41) is 0.386. The van der Waals surface area contributed by atoms with Crippen LogP contribution in [0.2, 0.25) is 0 Å². The van der Waals surface area contributed by atoms with Gasteiger partial charge in [-0.15, -0.1) is 0 Å². The lowest BCUT2D eigenvalue weighted by atomic mass is 9.92. The number of fused-ring (bicyclic) bond motifs is 2. The molecule has 2 aromatic carbocycles. The number of sulfonamides is 1. The molecule has 34 heavy (non-hydrogen) atoms. The van der Waals surface area contributed by atoms with Crippen molar-refractivity contribution in [2.45, 2.75) is 50.0 Å². The smallest absolute Gasteiger partial charge is 0.309 e. The Morgan fingerprint density at radius 1 is 1.06 bits per heavy atom. The van der Waals surface area contributed by atoms with E-state index in [1.807, 2.05) is 12.1 Å². The van der Waals surface area contributed by atoms with Crippen molar-refractivity contribution in [1.29, 1.82) is 0 Å². The first-order valence-corrected chi connectivity index (χ1v) is 13.2. The number of pyridine rings is 1. The van der Waals surface area contributed by atoms with Gasteiger partial charge in [0, 0.05) is 30.2 Å². The minimum atomic E-state index is -3.59. The standard InChI is InChI=1S/C26H27FN2O4S/c27-24-10-8-21(25-23(24)6-3-13-28-25)17-33-26(30)19-11-14-29(15-12-19)34(31,32)22-9-7-18-4-1-2-5-20(18)16-22/h3,6-10,13,16,19H,1-2,4-5,11-12,14-15,17H2. The molecule has 2 heterocycles. The van der Waals surface area contributed by atoms with Gasteiger partial charge in [-0.3, -0.25) is 9.78 Å². The van der Waals surface area contributed by atoms with Crippen molar-refractivity contribution < 1.29 is 22.3 Å². The summed E-state index contributed by atoms with van der Waals surface area (Å²) in [5.41, 5.74) is 3.49. The van der Waals surface area contributed by atoms with Gasteiger partial charge in [-0.05, 0) is 80.0 Å². The molecule has 0 spiro atoms. The number of aryl methyl sites for hydroxylation is 2. The zero-order valence-electron chi connectivity index (χ0n) is 18.9. The lowest BCUT2D eigenvalue weighted by Gasteiger charge is -2.30. The Balaban J connectivity index is 1.21. The van der Waals surface area contributed by atoms with Crippen molar-refractivity contribution in [3.63, 3.8) is 0 Å². The van der Waals surface area contributed by atoms with E-state index < -0.39 is 10.0 Å². The molecule has 1 fully saturated rings. The third-order valence-corrected chi connectivity index (χ3v) is 8.81. The lowest BCUT2D eigenvalue weighted by molar-refractivity contribution is -0.151. The van der Waals surface area contributed by atoms with Gasteiger partial charge in [0.2, 0.25) is 10.0 Å². The van der Waals surface area contributed by atoms with Gasteiger partial charge in [0.1, 0.15) is 12.4 Å². The Bertz CT molecular complexity index is 1330. The normalized spacial score (nSPS) is 17.4. The molecule has 0 unspecified atom stereocenters. The van der Waals surface area contributed by atoms with Gasteiger partial charge in [0.15, 0.2) is 0 Å². The molecule has 1 aliphatic heterocycles. The van der Waals surface area contributed by atoms with E-state index in [9.17, 15) is 17.6 Å². The van der Waals surface area contributed by atoms with E-state index in [1.165, 1.54) is 15.9 Å². The highest BCUT2D eigenvalue weighted by Crippen LogP contribution is 2.29. The molecular formula is C26H27FN2O4S. The van der Waals surface area contributed by atoms with Crippen LogP contribution in [0.25, 0.3) is 10.9 Å². The summed E-state index contributed by atoms with van der Waals surface area (Å²) >= 11 is 0. The fraction of sp³-hybridized carbons (Fsp3) is 0.385. The Kier molecular flexibility index (Phi) is 6.36. The first-order chi connectivity index (χ1) is 16.4. The molecule has 1 aliphatic carbocycles. The number of esters is 1. The first-order valence-electron chi connectivity index (χ1n) is 11.7. The van der Waals surface area contributed by atoms with Crippen LogP contribution in [0.3, 0.4) is 0 Å². The average Bonchev–Trinajstić information content (AvgIpc) is 2.88. The van der Waals surface area contributed by atoms with Crippen LogP contribution in [0.4, 0.5) is 4.39 Å². The van der Waals surface area contributed by atoms with Crippen LogP contribution in [0, 0.1) is 11.7 Å². The second-order valence-corrected chi connectivity index (χ2v) is 11.0. The molecule has 0 saturated carbocycles. The van der Waals surface area contributed by atoms with E-state index in [-0.39, 0.29) is 37.4 Å². The van der Waals surface area contributed by atoms with E-state index in [4.69, 9.17) is 4.74 Å². The monoisotopic (exact) mass is 482 g/mol. The molecule has 2 aliphatic rings. The predicted molar refractivity (Wildman–Crippen MR) is 126 cm³/mol. The number of benzene rings is 2. The summed E-state index contributed by atoms with van der Waals surface area (Å²) in [5.74, 6) is -1.10. The summed E-state index contributed by atoms with van der Waals surface area (Å²) in [7, 11) is -3.59. The summed E-state index contributed by atoms with van der Waals surface area (Å²) in [6.07, 6.45) is 6.56. The Morgan fingerprint density at radius 2 is 1.82 bits per heavy atom. The summed E-state index contributed by atoms with van der Waals surface area (Å²) in [6.45, 7) is 0.556. The second kappa shape index (κ2) is 9.43. The molecular weight excluding hydrogens is 455 g/mol. The lowest BCUT2D eigenvalue weighted by Crippen LogP contribution is -2.40. The van der Waals surface area contributed by atoms with E-state index in [0.717, 1.165) is 31.2 Å². The number of hydrogen-bond donors (Lipinski definition) is 0. The van der Waals surface area contributed by atoms with E-state index in [2.05, 4.69) is 4.98 Å². The summed E-state index contributed by atoms with van der Waals surface area (Å²) < 4.78 is 47.3. The molecule has 1 saturated heterocycles. The maximum absolute atomic E-state index is 14.0. The molecule has 0 bridgehead atoms. The Hall–Kier alpha value is -2.84. The number of nitrogens with zero attached hydrogens (tertiary/aromatic N) is 2. The molecule has 8 heteroatoms. The molecule has 3 aromatic rings. The number of rotatable bonds is 5. The van der Waals surface area contributed by atoms with E-state index in [1.54, 1.807) is 30.5 Å². The number of aromatic nitrogens is 1. The molecule has 0 radical (unpaired) electrons. The second-order valence-electron chi connectivity index (χ2n) is 9.03. The molecule has 0 atom stereocenters. The SMILES string of the molecule is O=C(OCc1ccc(F)c2cccnc12)C1CCN(S(=O)(=O)c2ccc3c(c2)CCCC3)CC1. The minimum Gasteiger partial charge on any atom is -0.461 e. The van der Waals surface area contributed by atoms with Crippen LogP contribution in [-0.4, -0.2) is 36.8 Å². The fourth-order valence-corrected chi connectivity index (χ4v) is 6.45. The molecule has 0 N–H and O–H groups in total. The number of carbonyl (C=O) groups excluding carboxylic acids is 1. The zero-order chi connectivity index (χ0) is 23.7. The van der Waals surface area contributed by atoms with Gasteiger partial charge in [-0.25, -0.2) is 12.8 Å². The van der Waals surface area contributed by atoms with E-state index in [0.29, 0.717) is 34.2 Å². The van der Waals surface area contributed by atoms with Crippen LogP contribution in [-0.2, 0) is 39.0 Å². The number of carbonyl (C=O) groups is 1. The summed E-state index contributed by atoms with van der Waals surface area (Å²) in [4.78, 5) is 17.2. The number of piperidine rings is 1. The van der Waals surface area contributed by atoms with Crippen LogP contribution >= 0.6 is 0 Å². The van der Waals surface area contributed by atoms with Crippen LogP contribution in [0.15, 0.2) is 53.6 Å². The van der Waals surface area contributed by atoms with E-state index >= 15 is 0 Å². The van der Waals surface area contributed by atoms with Gasteiger partial charge in [-0.1, -0.05) is 12.1 Å². The van der Waals surface area contributed by atoms with Gasteiger partial charge >= 0.3 is 5.97 Å². The van der Waals surface area contributed by atoms with Crippen molar-refractivity contribution in [3.8, 4) is 0 Å². The number of ether oxygens (including phenoxy) is 1. The van der Waals surface area contributed by atoms with Crippen molar-refractivity contribution in [2.75, 3.05) is 13.1 Å². The highest BCUT2D eigenvalue weighted by molar-refractivity contribution is 7.89. The Labute approximate surface area is 198 Å². The number of hydrogen-bond acceptors (Lipinski definition) is 5. The largest absolute Gasteiger partial charge is 0.461 e. The van der Waals surface area contributed by atoms with Gasteiger partial charge < -0.3 is 4.74 Å². The van der Waals surface area contributed by atoms with Crippen molar-refractivity contribution in [1.82, 2.24) is 9.29 Å². The summed E-state index contributed by atoms with van der Waals surface area (Å²) in [6, 6.07) is 11.7. The maximum Gasteiger partial charge on any atom is 0.309 e. The minimum absolute atomic E-state index is 0.000263. The molecule has 5 rings (SSSR count). The Morgan fingerprint density at radius 3 is 2.62 bits per heavy atom. The predicted octanol–water partition coefficient (Wildman–Crippen LogP) is 4.40. The molecule has 0 amide bonds. The average molecular weight is 483 g/mol. The number of halogens is 1. The van der Waals surface area contributed by atoms with Gasteiger partial charge in [0.25, 0.3) is 0 Å². The highest BCUT2D eigenvalue weighted by Gasteiger charge is 2.33. The van der Waals surface area contributed by atoms with Crippen LogP contribution in [0.5, 0.6) is 0 Å².